The number of benzene rings is 2. The van der Waals surface area contributed by atoms with Gasteiger partial charge in [0, 0.05) is 34.2 Å². The fraction of sp³-hybridized carbons (Fsp3) is 0.0870. The van der Waals surface area contributed by atoms with Crippen LogP contribution >= 0.6 is 23.4 Å². The number of hydrogen-bond acceptors (Lipinski definition) is 7. The zero-order valence-electron chi connectivity index (χ0n) is 17.6. The molecule has 0 fully saturated rings. The number of para-hydroxylation sites is 1. The maximum Gasteiger partial charge on any atom is 0.250 e. The summed E-state index contributed by atoms with van der Waals surface area (Å²) in [6.07, 6.45) is 4.92. The molecule has 166 valence electrons. The lowest BCUT2D eigenvalue weighted by Gasteiger charge is -2.10. The average molecular weight is 479 g/mol. The molecule has 4 rings (SSSR count). The van der Waals surface area contributed by atoms with E-state index in [4.69, 9.17) is 16.3 Å². The Morgan fingerprint density at radius 2 is 1.88 bits per heavy atom. The highest BCUT2D eigenvalue weighted by Crippen LogP contribution is 2.28. The van der Waals surface area contributed by atoms with Crippen molar-refractivity contribution in [2.45, 2.75) is 5.16 Å². The van der Waals surface area contributed by atoms with Crippen molar-refractivity contribution in [2.24, 2.45) is 5.10 Å². The molecule has 1 amide bonds. The predicted octanol–water partition coefficient (Wildman–Crippen LogP) is 4.23. The van der Waals surface area contributed by atoms with Crippen molar-refractivity contribution in [3.8, 4) is 22.8 Å². The number of rotatable bonds is 8. The fourth-order valence-corrected chi connectivity index (χ4v) is 3.85. The van der Waals surface area contributed by atoms with E-state index < -0.39 is 0 Å². The Hall–Kier alpha value is -3.69. The van der Waals surface area contributed by atoms with Gasteiger partial charge in [-0.2, -0.15) is 5.10 Å². The number of amides is 1. The number of nitrogens with zero attached hydrogens (tertiary/aromatic N) is 5. The second-order valence-electron chi connectivity index (χ2n) is 6.68. The molecule has 0 radical (unpaired) electrons. The van der Waals surface area contributed by atoms with Gasteiger partial charge in [-0.1, -0.05) is 35.5 Å². The maximum atomic E-state index is 12.4. The van der Waals surface area contributed by atoms with E-state index in [-0.39, 0.29) is 11.7 Å². The molecule has 1 N–H and O–H groups in total. The fourth-order valence-electron chi connectivity index (χ4n) is 2.98. The largest absolute Gasteiger partial charge is 0.496 e. The third-order valence-corrected chi connectivity index (χ3v) is 5.70. The minimum Gasteiger partial charge on any atom is -0.496 e. The van der Waals surface area contributed by atoms with Gasteiger partial charge in [-0.05, 0) is 48.5 Å². The standard InChI is InChI=1S/C23H19ClN6O2S/c1-32-20-5-3-2-4-17(20)14-26-27-21(31)15-33-23-29-28-22(16-10-12-25-13-11-16)30(23)19-8-6-18(24)7-9-19/h2-14H,15H2,1H3,(H,27,31)/b26-14-. The first kappa shape index (κ1) is 22.5. The summed E-state index contributed by atoms with van der Waals surface area (Å²) in [6, 6.07) is 18.4. The van der Waals surface area contributed by atoms with Crippen LogP contribution in [0.5, 0.6) is 5.75 Å². The van der Waals surface area contributed by atoms with Crippen LogP contribution in [0.3, 0.4) is 0 Å². The van der Waals surface area contributed by atoms with Crippen molar-refractivity contribution in [3.63, 3.8) is 0 Å². The van der Waals surface area contributed by atoms with Crippen molar-refractivity contribution in [3.05, 3.63) is 83.6 Å². The van der Waals surface area contributed by atoms with Gasteiger partial charge in [-0.25, -0.2) is 5.43 Å². The van der Waals surface area contributed by atoms with E-state index in [2.05, 4.69) is 25.7 Å². The van der Waals surface area contributed by atoms with E-state index in [1.807, 2.05) is 53.1 Å². The zero-order valence-corrected chi connectivity index (χ0v) is 19.1. The number of halogens is 1. The van der Waals surface area contributed by atoms with Crippen molar-refractivity contribution in [1.29, 1.82) is 0 Å². The number of aromatic nitrogens is 4. The van der Waals surface area contributed by atoms with Crippen LogP contribution in [-0.2, 0) is 4.79 Å². The number of hydrazone groups is 1. The van der Waals surface area contributed by atoms with Crippen LogP contribution < -0.4 is 10.2 Å². The van der Waals surface area contributed by atoms with Crippen LogP contribution in [0.25, 0.3) is 17.1 Å². The molecule has 0 aliphatic carbocycles. The third kappa shape index (κ3) is 5.57. The molecule has 0 atom stereocenters. The van der Waals surface area contributed by atoms with Gasteiger partial charge in [-0.15, -0.1) is 10.2 Å². The summed E-state index contributed by atoms with van der Waals surface area (Å²) in [6.45, 7) is 0. The van der Waals surface area contributed by atoms with Gasteiger partial charge in [0.15, 0.2) is 11.0 Å². The monoisotopic (exact) mass is 478 g/mol. The van der Waals surface area contributed by atoms with E-state index in [1.54, 1.807) is 37.9 Å². The van der Waals surface area contributed by atoms with Crippen LogP contribution in [0.15, 0.2) is 83.3 Å². The van der Waals surface area contributed by atoms with Crippen molar-refractivity contribution >= 4 is 35.5 Å². The summed E-state index contributed by atoms with van der Waals surface area (Å²) in [7, 11) is 1.58. The van der Waals surface area contributed by atoms with E-state index >= 15 is 0 Å². The first-order valence-electron chi connectivity index (χ1n) is 9.85. The molecule has 4 aromatic rings. The summed E-state index contributed by atoms with van der Waals surface area (Å²) in [5.74, 6) is 1.13. The Bertz CT molecular complexity index is 1260. The summed E-state index contributed by atoms with van der Waals surface area (Å²) in [5, 5.41) is 13.9. The topological polar surface area (TPSA) is 94.3 Å². The molecule has 0 saturated carbocycles. The molecule has 2 aromatic heterocycles. The number of thioether (sulfide) groups is 1. The van der Waals surface area contributed by atoms with Crippen LogP contribution in [-0.4, -0.2) is 44.7 Å². The van der Waals surface area contributed by atoms with Gasteiger partial charge in [0.2, 0.25) is 0 Å². The van der Waals surface area contributed by atoms with Gasteiger partial charge < -0.3 is 4.74 Å². The second kappa shape index (κ2) is 10.8. The lowest BCUT2D eigenvalue weighted by molar-refractivity contribution is -0.118. The van der Waals surface area contributed by atoms with Gasteiger partial charge in [0.25, 0.3) is 5.91 Å². The van der Waals surface area contributed by atoms with E-state index in [1.165, 1.54) is 11.8 Å². The van der Waals surface area contributed by atoms with Gasteiger partial charge in [0.05, 0.1) is 19.1 Å². The molecule has 0 spiro atoms. The molecule has 0 aliphatic heterocycles. The quantitative estimate of drug-likeness (QED) is 0.231. The Balaban J connectivity index is 1.50. The molecule has 2 heterocycles. The number of carbonyl (C=O) groups excluding carboxylic acids is 1. The average Bonchev–Trinajstić information content (AvgIpc) is 3.28. The lowest BCUT2D eigenvalue weighted by Crippen LogP contribution is -2.20. The Labute approximate surface area is 199 Å². The summed E-state index contributed by atoms with van der Waals surface area (Å²) < 4.78 is 7.15. The third-order valence-electron chi connectivity index (χ3n) is 4.52. The zero-order chi connectivity index (χ0) is 23.0. The van der Waals surface area contributed by atoms with Crippen LogP contribution in [0.4, 0.5) is 0 Å². The molecule has 33 heavy (non-hydrogen) atoms. The van der Waals surface area contributed by atoms with E-state index in [9.17, 15) is 4.79 Å². The van der Waals surface area contributed by atoms with Crippen LogP contribution in [0.2, 0.25) is 5.02 Å². The highest BCUT2D eigenvalue weighted by Gasteiger charge is 2.17. The molecule has 0 aliphatic rings. The number of pyridine rings is 1. The minimum atomic E-state index is -0.276. The second-order valence-corrected chi connectivity index (χ2v) is 8.06. The SMILES string of the molecule is COc1ccccc1/C=N\NC(=O)CSc1nnc(-c2ccncc2)n1-c1ccc(Cl)cc1. The normalized spacial score (nSPS) is 11.0. The Morgan fingerprint density at radius 3 is 2.64 bits per heavy atom. The molecular formula is C23H19ClN6O2S. The summed E-state index contributed by atoms with van der Waals surface area (Å²) in [4.78, 5) is 16.4. The van der Waals surface area contributed by atoms with Gasteiger partial charge in [0.1, 0.15) is 5.75 Å². The highest BCUT2D eigenvalue weighted by molar-refractivity contribution is 7.99. The minimum absolute atomic E-state index is 0.103. The molecule has 8 nitrogen and oxygen atoms in total. The summed E-state index contributed by atoms with van der Waals surface area (Å²) in [5.41, 5.74) is 4.97. The van der Waals surface area contributed by atoms with Crippen molar-refractivity contribution < 1.29 is 9.53 Å². The van der Waals surface area contributed by atoms with Crippen molar-refractivity contribution in [2.75, 3.05) is 12.9 Å². The first-order valence-corrected chi connectivity index (χ1v) is 11.2. The first-order chi connectivity index (χ1) is 16.2. The van der Waals surface area contributed by atoms with E-state index in [0.29, 0.717) is 21.8 Å². The Morgan fingerprint density at radius 1 is 1.12 bits per heavy atom. The van der Waals surface area contributed by atoms with E-state index in [0.717, 1.165) is 16.8 Å². The van der Waals surface area contributed by atoms with Gasteiger partial charge >= 0.3 is 0 Å². The summed E-state index contributed by atoms with van der Waals surface area (Å²) >= 11 is 7.31. The van der Waals surface area contributed by atoms with Crippen LogP contribution in [0, 0.1) is 0 Å². The van der Waals surface area contributed by atoms with Crippen LogP contribution in [0.1, 0.15) is 5.56 Å². The molecule has 0 unspecified atom stereocenters. The molecule has 0 saturated heterocycles. The molecule has 0 bridgehead atoms. The number of nitrogens with one attached hydrogen (secondary N) is 1. The number of ether oxygens (including phenoxy) is 1. The number of methoxy groups -OCH3 is 1. The number of carbonyl (C=O) groups is 1. The molecule has 2 aromatic carbocycles. The smallest absolute Gasteiger partial charge is 0.250 e. The van der Waals surface area contributed by atoms with Gasteiger partial charge in [-0.3, -0.25) is 14.3 Å². The lowest BCUT2D eigenvalue weighted by atomic mass is 10.2. The van der Waals surface area contributed by atoms with Crippen molar-refractivity contribution in [1.82, 2.24) is 25.2 Å². The maximum absolute atomic E-state index is 12.4. The predicted molar refractivity (Wildman–Crippen MR) is 129 cm³/mol. The highest BCUT2D eigenvalue weighted by atomic mass is 35.5. The number of hydrogen-bond donors (Lipinski definition) is 1. The molecule has 10 heteroatoms. The molecular weight excluding hydrogens is 460 g/mol. The Kier molecular flexibility index (Phi) is 7.33.